The number of piperidine rings is 2. The van der Waals surface area contributed by atoms with Crippen molar-refractivity contribution < 1.29 is 75.4 Å². The first-order valence-electron chi connectivity index (χ1n) is 27.8. The number of rotatable bonds is 19. The van der Waals surface area contributed by atoms with Crippen LogP contribution >= 0.6 is 7.60 Å². The van der Waals surface area contributed by atoms with Crippen molar-refractivity contribution in [2.24, 2.45) is 5.73 Å². The van der Waals surface area contributed by atoms with Gasteiger partial charge in [-0.1, -0.05) is 12.1 Å². The number of hydrogen-bond acceptors (Lipinski definition) is 15. The highest BCUT2D eigenvalue weighted by atomic mass is 32.2. The fraction of sp³-hybridized carbons (Fsp3) is 0.482. The number of nitrogens with two attached hydrogens (primary N) is 1. The first-order valence-corrected chi connectivity index (χ1v) is 31.3. The summed E-state index contributed by atoms with van der Waals surface area (Å²) in [6, 6.07) is 10.3. The largest absolute Gasteiger partial charge is 0.492 e. The van der Waals surface area contributed by atoms with Crippen molar-refractivity contribution in [2.75, 3.05) is 52.2 Å². The van der Waals surface area contributed by atoms with E-state index in [1.54, 1.807) is 11.0 Å². The van der Waals surface area contributed by atoms with Gasteiger partial charge in [0.25, 0.3) is 17.3 Å². The zero-order valence-corrected chi connectivity index (χ0v) is 47.3. The fourth-order valence-electron chi connectivity index (χ4n) is 12.4. The second-order valence-corrected chi connectivity index (χ2v) is 26.0. The van der Waals surface area contributed by atoms with Crippen LogP contribution in [0.1, 0.15) is 119 Å². The Balaban J connectivity index is 0.789. The fourth-order valence-corrected chi connectivity index (χ4v) is 13.6. The van der Waals surface area contributed by atoms with Gasteiger partial charge >= 0.3 is 7.60 Å². The van der Waals surface area contributed by atoms with Crippen LogP contribution in [0.3, 0.4) is 0 Å². The van der Waals surface area contributed by atoms with Crippen molar-refractivity contribution in [1.29, 1.82) is 0 Å². The van der Waals surface area contributed by atoms with E-state index in [1.165, 1.54) is 52.3 Å². The molecule has 0 radical (unpaired) electrons. The normalized spacial score (nSPS) is 22.0. The zero-order chi connectivity index (χ0) is 59.1. The maximum Gasteiger partial charge on any atom is 0.396 e. The molecule has 0 unspecified atom stereocenters. The predicted octanol–water partition coefficient (Wildman–Crippen LogP) is 1.77. The minimum Gasteiger partial charge on any atom is -0.492 e. The van der Waals surface area contributed by atoms with Crippen LogP contribution in [-0.2, 0) is 55.1 Å². The van der Waals surface area contributed by atoms with Gasteiger partial charge in [0.05, 0.1) is 24.1 Å². The number of amides is 8. The van der Waals surface area contributed by atoms with Crippen LogP contribution in [-0.4, -0.2) is 178 Å². The molecule has 4 aromatic rings. The van der Waals surface area contributed by atoms with Crippen molar-refractivity contribution in [1.82, 2.24) is 40.5 Å². The summed E-state index contributed by atoms with van der Waals surface area (Å²) in [6.07, 6.45) is 5.32. The lowest BCUT2D eigenvalue weighted by molar-refractivity contribution is -0.145. The number of aromatic nitrogens is 1. The lowest BCUT2D eigenvalue weighted by Crippen LogP contribution is -2.61. The van der Waals surface area contributed by atoms with Crippen molar-refractivity contribution in [3.05, 3.63) is 88.6 Å². The SMILES string of the molecule is CS(=O)(=O)c1cccc(OC[C@H](CCC(N)=O)NC(=O)[C@@H]2CC[C@@H]3CCN(C(=O)CCCCN4CCC5(CC4)COc4c5ccc5c4CN([C@H]4CCC(=O)NC4=O)C5=O)C[C@H](NC(=O)c4cc5cc(C(=O)P(=O)(O)O)ccc5[nH]4)C(=O)N32)c1. The Morgan fingerprint density at radius 2 is 1.72 bits per heavy atom. The Hall–Kier alpha value is -7.51. The first-order chi connectivity index (χ1) is 39.5. The molecule has 0 bridgehead atoms. The number of ether oxygens (including phenoxy) is 2. The number of nitrogens with one attached hydrogen (secondary N) is 4. The third-order valence-electron chi connectivity index (χ3n) is 17.0. The van der Waals surface area contributed by atoms with Gasteiger partial charge in [-0.05, 0) is 126 Å². The molecule has 0 aliphatic carbocycles. The van der Waals surface area contributed by atoms with E-state index in [1.807, 2.05) is 12.1 Å². The van der Waals surface area contributed by atoms with Crippen molar-refractivity contribution in [2.45, 2.75) is 124 Å². The maximum atomic E-state index is 15.0. The van der Waals surface area contributed by atoms with E-state index in [-0.39, 0.29) is 115 Å². The molecule has 10 rings (SSSR count). The summed E-state index contributed by atoms with van der Waals surface area (Å²) in [7, 11) is -8.70. The number of likely N-dealkylation sites (tertiary alicyclic amines) is 1. The number of imide groups is 1. The van der Waals surface area contributed by atoms with Crippen LogP contribution in [0.15, 0.2) is 65.6 Å². The van der Waals surface area contributed by atoms with E-state index in [0.717, 1.165) is 49.9 Å². The second-order valence-electron chi connectivity index (χ2n) is 22.5. The number of H-pyrrole nitrogens is 1. The quantitative estimate of drug-likeness (QED) is 0.0400. The molecular weight excluding hydrogens is 1120 g/mol. The molecular formula is C56H66N9O16PS. The summed E-state index contributed by atoms with van der Waals surface area (Å²) >= 11 is 0. The van der Waals surface area contributed by atoms with Crippen LogP contribution < -0.4 is 31.2 Å². The van der Waals surface area contributed by atoms with Gasteiger partial charge < -0.3 is 60.2 Å². The van der Waals surface area contributed by atoms with Gasteiger partial charge in [-0.2, -0.15) is 0 Å². The average Bonchev–Trinajstić information content (AvgIpc) is 4.45. The Morgan fingerprint density at radius 1 is 0.940 bits per heavy atom. The van der Waals surface area contributed by atoms with E-state index in [9.17, 15) is 65.9 Å². The van der Waals surface area contributed by atoms with Crippen LogP contribution in [0.2, 0.25) is 0 Å². The molecule has 27 heteroatoms. The third kappa shape index (κ3) is 12.6. The summed E-state index contributed by atoms with van der Waals surface area (Å²) in [5.74, 6) is -3.01. The molecule has 5 atom stereocenters. The number of primary amides is 1. The standard InChI is InChI=1S/C56H66N9O16PS/c1-83(78,79)37-6-4-5-36(27-37)80-30-34(9-16-46(57)66)58-52(71)45-14-10-35-18-22-63(29-43(54(73)65(35)45)60-50(69)42-26-33-25-32(8-13-41(33)59-42)55(74)82(75,76)77)48(68)7-2-3-21-62-23-19-56(20-24-62)31-81-49-39-28-64(44-15-17-47(67)61-51(44)70)53(72)38(39)11-12-40(49)56/h4-6,8,11-13,25-27,34-35,43-45,59H,2-3,7,9-10,14-24,28-31H2,1H3,(H2,57,66)(H,58,71)(H,60,69)(H,61,67,70)(H2,75,76,77)/t34-,35+,43-,44-,45-/m0/s1. The maximum absolute atomic E-state index is 15.0. The van der Waals surface area contributed by atoms with Crippen LogP contribution in [0, 0.1) is 0 Å². The number of aromatic amines is 1. The summed E-state index contributed by atoms with van der Waals surface area (Å²) in [6.45, 7) is 2.73. The third-order valence-corrected chi connectivity index (χ3v) is 18.9. The number of nitrogens with zero attached hydrogens (tertiary/aromatic N) is 4. The van der Waals surface area contributed by atoms with Gasteiger partial charge in [0.1, 0.15) is 41.9 Å². The average molecular weight is 1180 g/mol. The first kappa shape index (κ1) is 58.7. The molecule has 83 heavy (non-hydrogen) atoms. The smallest absolute Gasteiger partial charge is 0.396 e. The second kappa shape index (κ2) is 23.6. The Morgan fingerprint density at radius 3 is 2.46 bits per heavy atom. The van der Waals surface area contributed by atoms with Crippen LogP contribution in [0.25, 0.3) is 10.9 Å². The number of hydrogen-bond donors (Lipinski definition) is 7. The monoisotopic (exact) mass is 1180 g/mol. The molecule has 25 nitrogen and oxygen atoms in total. The molecule has 4 saturated heterocycles. The predicted molar refractivity (Wildman–Crippen MR) is 295 cm³/mol. The van der Waals surface area contributed by atoms with E-state index in [2.05, 4.69) is 25.8 Å². The molecule has 8 amide bonds. The minimum atomic E-state index is -5.12. The number of carbonyl (C=O) groups is 9. The van der Waals surface area contributed by atoms with Crippen molar-refractivity contribution >= 4 is 81.1 Å². The molecule has 7 heterocycles. The summed E-state index contributed by atoms with van der Waals surface area (Å²) < 4.78 is 48.4. The van der Waals surface area contributed by atoms with E-state index >= 15 is 0 Å². The van der Waals surface area contributed by atoms with Crippen LogP contribution in [0.5, 0.6) is 11.5 Å². The topological polar surface area (TPSA) is 355 Å². The van der Waals surface area contributed by atoms with Gasteiger partial charge in [-0.15, -0.1) is 0 Å². The minimum absolute atomic E-state index is 0.0153. The van der Waals surface area contributed by atoms with Gasteiger partial charge in [0.15, 0.2) is 9.84 Å². The van der Waals surface area contributed by atoms with E-state index < -0.39 is 82.7 Å². The van der Waals surface area contributed by atoms with Gasteiger partial charge in [-0.3, -0.25) is 53.0 Å². The van der Waals surface area contributed by atoms with E-state index in [0.29, 0.717) is 49.1 Å². The molecule has 1 spiro atoms. The number of sulfone groups is 1. The molecule has 6 aliphatic heterocycles. The summed E-state index contributed by atoms with van der Waals surface area (Å²) in [5.41, 5.74) is 6.16. The number of unbranched alkanes of at least 4 members (excludes halogenated alkanes) is 1. The van der Waals surface area contributed by atoms with E-state index in [4.69, 9.17) is 15.2 Å². The van der Waals surface area contributed by atoms with Gasteiger partial charge in [0, 0.05) is 83.2 Å². The number of benzene rings is 3. The summed E-state index contributed by atoms with van der Waals surface area (Å²) in [5, 5.41) is 8.30. The lowest BCUT2D eigenvalue weighted by Gasteiger charge is -2.39. The molecule has 3 aromatic carbocycles. The van der Waals surface area contributed by atoms with Gasteiger partial charge in [0.2, 0.25) is 35.4 Å². The lowest BCUT2D eigenvalue weighted by atomic mass is 9.74. The molecule has 4 fully saturated rings. The highest BCUT2D eigenvalue weighted by Crippen LogP contribution is 2.50. The molecule has 1 aromatic heterocycles. The molecule has 0 saturated carbocycles. The highest BCUT2D eigenvalue weighted by Gasteiger charge is 2.49. The Labute approximate surface area is 477 Å². The Bertz CT molecular complexity index is 3480. The number of carbonyl (C=O) groups excluding carboxylic acids is 9. The van der Waals surface area contributed by atoms with Gasteiger partial charge in [-0.25, -0.2) is 8.42 Å². The molecule has 442 valence electrons. The Kier molecular flexibility index (Phi) is 16.7. The van der Waals surface area contributed by atoms with Crippen molar-refractivity contribution in [3.8, 4) is 11.5 Å². The van der Waals surface area contributed by atoms with Crippen molar-refractivity contribution in [3.63, 3.8) is 0 Å². The highest BCUT2D eigenvalue weighted by molar-refractivity contribution is 7.90. The van der Waals surface area contributed by atoms with Crippen LogP contribution in [0.4, 0.5) is 0 Å². The summed E-state index contributed by atoms with van der Waals surface area (Å²) in [4.78, 5) is 149. The number of fused-ring (bicyclic) bond motifs is 6. The molecule has 6 aliphatic rings. The zero-order valence-electron chi connectivity index (χ0n) is 45.6. The molecule has 8 N–H and O–H groups in total.